The normalized spacial score (nSPS) is 12.5. The molecule has 0 saturated carbocycles. The lowest BCUT2D eigenvalue weighted by Crippen LogP contribution is -2.45. The molecular weight excluding hydrogens is 1010 g/mol. The van der Waals surface area contributed by atoms with Crippen molar-refractivity contribution in [2.45, 2.75) is 450 Å². The van der Waals surface area contributed by atoms with Gasteiger partial charge >= 0.3 is 5.97 Å². The quantitative estimate of drug-likeness (QED) is 0.0320. The molecule has 3 N–H and O–H groups in total. The minimum absolute atomic E-state index is 0.0226. The molecule has 0 aromatic heterocycles. The molecule has 0 bridgehead atoms. The molecule has 6 nitrogen and oxygen atoms in total. The van der Waals surface area contributed by atoms with Crippen LogP contribution in [0.25, 0.3) is 0 Å². The standard InChI is InChI=1S/C76H149NO5/c1-3-5-7-9-11-13-15-17-19-20-21-22-31-34-37-41-44-48-52-56-60-64-68-74(79)73(72-78)77-75(80)69-65-61-57-53-49-45-42-38-35-32-29-27-25-23-24-26-28-30-33-36-39-43-47-51-55-59-63-67-71-82-76(81)70-66-62-58-54-50-46-40-18-16-14-12-10-8-6-4-2/h64,68,73-74,78-79H,3-63,65-67,69-72H2,1-2H3,(H,77,80)/b68-64+. The number of unbranched alkanes of at least 4 members (excludes halogenated alkanes) is 61. The van der Waals surface area contributed by atoms with Crippen LogP contribution in [-0.4, -0.2) is 47.4 Å². The van der Waals surface area contributed by atoms with Gasteiger partial charge in [-0.05, 0) is 32.1 Å². The van der Waals surface area contributed by atoms with E-state index in [9.17, 15) is 19.8 Å². The number of rotatable bonds is 72. The molecule has 0 radical (unpaired) electrons. The molecule has 0 aromatic carbocycles. The van der Waals surface area contributed by atoms with E-state index in [1.54, 1.807) is 6.08 Å². The summed E-state index contributed by atoms with van der Waals surface area (Å²) >= 11 is 0. The number of ether oxygens (including phenoxy) is 1. The van der Waals surface area contributed by atoms with Crippen LogP contribution in [0.2, 0.25) is 0 Å². The third-order valence-electron chi connectivity index (χ3n) is 18.1. The number of aliphatic hydroxyl groups is 2. The van der Waals surface area contributed by atoms with Crippen LogP contribution < -0.4 is 5.32 Å². The molecule has 488 valence electrons. The lowest BCUT2D eigenvalue weighted by atomic mass is 10.0. The number of hydrogen-bond acceptors (Lipinski definition) is 5. The maximum atomic E-state index is 12.5. The highest BCUT2D eigenvalue weighted by atomic mass is 16.5. The van der Waals surface area contributed by atoms with Gasteiger partial charge in [0.1, 0.15) is 0 Å². The molecule has 6 heteroatoms. The average molecular weight is 1160 g/mol. The fourth-order valence-electron chi connectivity index (χ4n) is 12.3. The first kappa shape index (κ1) is 80.6. The zero-order chi connectivity index (χ0) is 59.2. The van der Waals surface area contributed by atoms with Gasteiger partial charge in [-0.25, -0.2) is 0 Å². The van der Waals surface area contributed by atoms with Gasteiger partial charge in [-0.15, -0.1) is 0 Å². The zero-order valence-electron chi connectivity index (χ0n) is 56.0. The molecular formula is C76H149NO5. The second-order valence-corrected chi connectivity index (χ2v) is 26.4. The first-order valence-corrected chi connectivity index (χ1v) is 38.0. The van der Waals surface area contributed by atoms with Gasteiger partial charge in [-0.3, -0.25) is 9.59 Å². The summed E-state index contributed by atoms with van der Waals surface area (Å²) in [5.74, 6) is -0.0370. The Hall–Kier alpha value is -1.40. The Labute approximate surface area is 514 Å². The molecule has 0 spiro atoms. The fraction of sp³-hybridized carbons (Fsp3) is 0.947. The minimum atomic E-state index is -0.843. The molecule has 0 rings (SSSR count). The monoisotopic (exact) mass is 1160 g/mol. The van der Waals surface area contributed by atoms with Crippen LogP contribution in [0.1, 0.15) is 438 Å². The highest BCUT2D eigenvalue weighted by Gasteiger charge is 2.18. The van der Waals surface area contributed by atoms with Crippen molar-refractivity contribution in [3.8, 4) is 0 Å². The number of carbonyl (C=O) groups is 2. The van der Waals surface area contributed by atoms with Gasteiger partial charge in [-0.1, -0.05) is 405 Å². The van der Waals surface area contributed by atoms with Crippen molar-refractivity contribution in [2.75, 3.05) is 13.2 Å². The Morgan fingerprint density at radius 1 is 0.329 bits per heavy atom. The highest BCUT2D eigenvalue weighted by Crippen LogP contribution is 2.20. The first-order valence-electron chi connectivity index (χ1n) is 38.0. The number of allylic oxidation sites excluding steroid dienone is 1. The van der Waals surface area contributed by atoms with Gasteiger partial charge in [0, 0.05) is 12.8 Å². The van der Waals surface area contributed by atoms with Crippen molar-refractivity contribution in [1.29, 1.82) is 0 Å². The molecule has 82 heavy (non-hydrogen) atoms. The van der Waals surface area contributed by atoms with E-state index < -0.39 is 12.1 Å². The van der Waals surface area contributed by atoms with Crippen LogP contribution in [0.15, 0.2) is 12.2 Å². The lowest BCUT2D eigenvalue weighted by Gasteiger charge is -2.20. The second-order valence-electron chi connectivity index (χ2n) is 26.4. The molecule has 2 unspecified atom stereocenters. The van der Waals surface area contributed by atoms with E-state index >= 15 is 0 Å². The van der Waals surface area contributed by atoms with Crippen LogP contribution in [0, 0.1) is 0 Å². The molecule has 0 aliphatic heterocycles. The molecule has 0 heterocycles. The number of amides is 1. The van der Waals surface area contributed by atoms with Gasteiger partial charge in [-0.2, -0.15) is 0 Å². The summed E-state index contributed by atoms with van der Waals surface area (Å²) in [5, 5.41) is 23.3. The Bertz CT molecular complexity index is 1240. The van der Waals surface area contributed by atoms with Crippen molar-refractivity contribution in [1.82, 2.24) is 5.32 Å². The average Bonchev–Trinajstić information content (AvgIpc) is 3.48. The maximum absolute atomic E-state index is 12.5. The molecule has 0 aliphatic rings. The van der Waals surface area contributed by atoms with Crippen LogP contribution in [0.5, 0.6) is 0 Å². The van der Waals surface area contributed by atoms with Gasteiger partial charge in [0.2, 0.25) is 5.91 Å². The van der Waals surface area contributed by atoms with Crippen LogP contribution >= 0.6 is 0 Å². The molecule has 0 saturated heterocycles. The van der Waals surface area contributed by atoms with Crippen LogP contribution in [0.3, 0.4) is 0 Å². The summed E-state index contributed by atoms with van der Waals surface area (Å²) in [6.45, 7) is 4.96. The van der Waals surface area contributed by atoms with Gasteiger partial charge in [0.25, 0.3) is 0 Å². The van der Waals surface area contributed by atoms with E-state index in [1.165, 1.54) is 372 Å². The number of carbonyl (C=O) groups excluding carboxylic acids is 2. The number of nitrogens with one attached hydrogen (secondary N) is 1. The predicted octanol–water partition coefficient (Wildman–Crippen LogP) is 24.7. The summed E-state index contributed by atoms with van der Waals surface area (Å²) < 4.78 is 5.50. The summed E-state index contributed by atoms with van der Waals surface area (Å²) in [6.07, 6.45) is 90.3. The largest absolute Gasteiger partial charge is 0.466 e. The Morgan fingerprint density at radius 3 is 0.829 bits per heavy atom. The smallest absolute Gasteiger partial charge is 0.305 e. The number of aliphatic hydroxyl groups excluding tert-OH is 2. The number of esters is 1. The summed E-state index contributed by atoms with van der Waals surface area (Å²) in [6, 6.07) is -0.626. The van der Waals surface area contributed by atoms with E-state index in [2.05, 4.69) is 19.2 Å². The Morgan fingerprint density at radius 2 is 0.561 bits per heavy atom. The van der Waals surface area contributed by atoms with E-state index in [-0.39, 0.29) is 18.5 Å². The van der Waals surface area contributed by atoms with Crippen molar-refractivity contribution < 1.29 is 24.5 Å². The summed E-state index contributed by atoms with van der Waals surface area (Å²) in [5.41, 5.74) is 0. The zero-order valence-corrected chi connectivity index (χ0v) is 56.0. The molecule has 0 aromatic rings. The lowest BCUT2D eigenvalue weighted by molar-refractivity contribution is -0.143. The van der Waals surface area contributed by atoms with E-state index in [0.29, 0.717) is 19.4 Å². The first-order chi connectivity index (χ1) is 40.5. The van der Waals surface area contributed by atoms with Crippen molar-refractivity contribution in [2.24, 2.45) is 0 Å². The van der Waals surface area contributed by atoms with E-state index in [1.807, 2.05) is 6.08 Å². The van der Waals surface area contributed by atoms with E-state index in [0.717, 1.165) is 38.5 Å². The Kier molecular flexibility index (Phi) is 70.8. The third kappa shape index (κ3) is 67.7. The molecule has 2 atom stereocenters. The predicted molar refractivity (Wildman–Crippen MR) is 361 cm³/mol. The van der Waals surface area contributed by atoms with Gasteiger partial charge < -0.3 is 20.3 Å². The van der Waals surface area contributed by atoms with Crippen molar-refractivity contribution in [3.63, 3.8) is 0 Å². The van der Waals surface area contributed by atoms with Crippen molar-refractivity contribution in [3.05, 3.63) is 12.2 Å². The highest BCUT2D eigenvalue weighted by molar-refractivity contribution is 5.76. The van der Waals surface area contributed by atoms with Gasteiger partial charge in [0.05, 0.1) is 25.4 Å². The fourth-order valence-corrected chi connectivity index (χ4v) is 12.3. The number of hydrogen-bond donors (Lipinski definition) is 3. The second kappa shape index (κ2) is 72.1. The van der Waals surface area contributed by atoms with Crippen molar-refractivity contribution >= 4 is 11.9 Å². The summed E-state index contributed by atoms with van der Waals surface area (Å²) in [7, 11) is 0. The van der Waals surface area contributed by atoms with E-state index in [4.69, 9.17) is 4.74 Å². The molecule has 0 fully saturated rings. The van der Waals surface area contributed by atoms with Crippen LogP contribution in [0.4, 0.5) is 0 Å². The molecule has 0 aliphatic carbocycles. The SMILES string of the molecule is CCCCCCCCCCCCCCCCCCCCCC/C=C/C(O)C(CO)NC(=O)CCCCCCCCCCCCCCCCCCCCCCCCCCCCCCOC(=O)CCCCCCCCCCCCCCCCC. The minimum Gasteiger partial charge on any atom is -0.466 e. The Balaban J connectivity index is 3.36. The van der Waals surface area contributed by atoms with Crippen LogP contribution in [-0.2, 0) is 14.3 Å². The third-order valence-corrected chi connectivity index (χ3v) is 18.1. The maximum Gasteiger partial charge on any atom is 0.305 e. The topological polar surface area (TPSA) is 95.9 Å². The van der Waals surface area contributed by atoms with Gasteiger partial charge in [0.15, 0.2) is 0 Å². The molecule has 1 amide bonds. The summed E-state index contributed by atoms with van der Waals surface area (Å²) in [4.78, 5) is 24.6.